The lowest BCUT2D eigenvalue weighted by molar-refractivity contribution is 0.112. The van der Waals surface area contributed by atoms with Gasteiger partial charge in [0.2, 0.25) is 6.43 Å². The molecule has 0 saturated carbocycles. The van der Waals surface area contributed by atoms with Crippen LogP contribution >= 0.6 is 0 Å². The van der Waals surface area contributed by atoms with Crippen LogP contribution in [0.25, 0.3) is 0 Å². The Hall–Kier alpha value is -0.220. The summed E-state index contributed by atoms with van der Waals surface area (Å²) in [4.78, 5) is 0. The Balaban J connectivity index is 1.64. The maximum absolute atomic E-state index is 11.8. The summed E-state index contributed by atoms with van der Waals surface area (Å²) in [7, 11) is 0. The van der Waals surface area contributed by atoms with E-state index in [1.165, 1.54) is 0 Å². The van der Waals surface area contributed by atoms with Crippen LogP contribution in [-0.2, 0) is 9.47 Å². The minimum atomic E-state index is -2.13. The smallest absolute Gasteiger partial charge is 0.238 e. The zero-order valence-electron chi connectivity index (χ0n) is 9.80. The van der Waals surface area contributed by atoms with Crippen LogP contribution in [0.5, 0.6) is 0 Å². The van der Waals surface area contributed by atoms with Gasteiger partial charge in [0.15, 0.2) is 0 Å². The number of ether oxygens (including phenoxy) is 2. The van der Waals surface area contributed by atoms with Gasteiger partial charge in [0, 0.05) is 13.0 Å². The first-order chi connectivity index (χ1) is 7.79. The molecule has 1 heterocycles. The van der Waals surface area contributed by atoms with Crippen LogP contribution in [0, 0.1) is 0 Å². The minimum Gasteiger partial charge on any atom is -0.379 e. The second-order valence-corrected chi connectivity index (χ2v) is 4.33. The highest BCUT2D eigenvalue weighted by molar-refractivity contribution is 4.66. The van der Waals surface area contributed by atoms with E-state index in [0.717, 1.165) is 51.9 Å². The third-order valence-electron chi connectivity index (χ3n) is 2.67. The maximum Gasteiger partial charge on any atom is 0.238 e. The van der Waals surface area contributed by atoms with Crippen molar-refractivity contribution in [2.75, 3.05) is 19.8 Å². The fourth-order valence-corrected chi connectivity index (χ4v) is 1.59. The fraction of sp³-hybridized carbons (Fsp3) is 1.00. The Labute approximate surface area is 96.3 Å². The predicted molar refractivity (Wildman–Crippen MR) is 58.9 cm³/mol. The third-order valence-corrected chi connectivity index (χ3v) is 2.67. The second-order valence-electron chi connectivity index (χ2n) is 4.33. The van der Waals surface area contributed by atoms with E-state index in [1.807, 2.05) is 0 Å². The van der Waals surface area contributed by atoms with E-state index in [0.29, 0.717) is 12.5 Å². The summed E-state index contributed by atoms with van der Waals surface area (Å²) < 4.78 is 34.0. The van der Waals surface area contributed by atoms with Crippen molar-refractivity contribution >= 4 is 0 Å². The first-order valence-electron chi connectivity index (χ1n) is 6.26. The molecule has 96 valence electrons. The summed E-state index contributed by atoms with van der Waals surface area (Å²) in [6.07, 6.45) is 4.29. The SMILES string of the molecule is FC(F)CCCCCCCCOCC1CO1. The molecule has 0 N–H and O–H groups in total. The van der Waals surface area contributed by atoms with Gasteiger partial charge in [-0.2, -0.15) is 0 Å². The van der Waals surface area contributed by atoms with Crippen LogP contribution < -0.4 is 0 Å². The van der Waals surface area contributed by atoms with Gasteiger partial charge in [0.1, 0.15) is 6.10 Å². The van der Waals surface area contributed by atoms with Gasteiger partial charge in [-0.3, -0.25) is 0 Å². The molecule has 1 fully saturated rings. The Morgan fingerprint density at radius 3 is 2.31 bits per heavy atom. The topological polar surface area (TPSA) is 21.8 Å². The Kier molecular flexibility index (Phi) is 7.68. The highest BCUT2D eigenvalue weighted by Crippen LogP contribution is 2.11. The van der Waals surface area contributed by atoms with Gasteiger partial charge in [-0.05, 0) is 12.8 Å². The monoisotopic (exact) mass is 236 g/mol. The van der Waals surface area contributed by atoms with Crippen molar-refractivity contribution in [3.05, 3.63) is 0 Å². The number of halogens is 2. The first-order valence-corrected chi connectivity index (χ1v) is 6.26. The van der Waals surface area contributed by atoms with E-state index in [-0.39, 0.29) is 6.42 Å². The Morgan fingerprint density at radius 2 is 1.69 bits per heavy atom. The number of hydrogen-bond acceptors (Lipinski definition) is 2. The number of rotatable bonds is 11. The molecule has 1 saturated heterocycles. The van der Waals surface area contributed by atoms with Crippen LogP contribution in [0.2, 0.25) is 0 Å². The summed E-state index contributed by atoms with van der Waals surface area (Å²) in [5.41, 5.74) is 0. The number of unbranched alkanes of at least 4 members (excludes halogenated alkanes) is 5. The fourth-order valence-electron chi connectivity index (χ4n) is 1.59. The van der Waals surface area contributed by atoms with Crippen molar-refractivity contribution in [1.82, 2.24) is 0 Å². The molecule has 16 heavy (non-hydrogen) atoms. The van der Waals surface area contributed by atoms with Crippen LogP contribution in [-0.4, -0.2) is 32.4 Å². The average molecular weight is 236 g/mol. The zero-order valence-corrected chi connectivity index (χ0v) is 9.80. The van der Waals surface area contributed by atoms with Crippen molar-refractivity contribution in [2.45, 2.75) is 57.5 Å². The van der Waals surface area contributed by atoms with Gasteiger partial charge in [0.05, 0.1) is 13.2 Å². The number of epoxide rings is 1. The normalized spacial score (nSPS) is 19.3. The summed E-state index contributed by atoms with van der Waals surface area (Å²) >= 11 is 0. The van der Waals surface area contributed by atoms with Gasteiger partial charge in [-0.1, -0.05) is 25.7 Å². The molecular formula is C12H22F2O2. The van der Waals surface area contributed by atoms with E-state index in [1.54, 1.807) is 0 Å². The summed E-state index contributed by atoms with van der Waals surface area (Å²) in [5, 5.41) is 0. The van der Waals surface area contributed by atoms with E-state index < -0.39 is 6.43 Å². The van der Waals surface area contributed by atoms with Crippen LogP contribution in [0.15, 0.2) is 0 Å². The minimum absolute atomic E-state index is 0.0600. The molecule has 0 aromatic rings. The quantitative estimate of drug-likeness (QED) is 0.405. The molecule has 0 aromatic heterocycles. The lowest BCUT2D eigenvalue weighted by Gasteiger charge is -2.03. The highest BCUT2D eigenvalue weighted by atomic mass is 19.3. The van der Waals surface area contributed by atoms with E-state index in [2.05, 4.69) is 0 Å². The van der Waals surface area contributed by atoms with Gasteiger partial charge >= 0.3 is 0 Å². The molecule has 1 aliphatic heterocycles. The molecule has 0 radical (unpaired) electrons. The average Bonchev–Trinajstić information content (AvgIpc) is 3.04. The number of hydrogen-bond donors (Lipinski definition) is 0. The van der Waals surface area contributed by atoms with Gasteiger partial charge in [-0.15, -0.1) is 0 Å². The molecule has 1 atom stereocenters. The van der Waals surface area contributed by atoms with Crippen LogP contribution in [0.4, 0.5) is 8.78 Å². The zero-order chi connectivity index (χ0) is 11.6. The van der Waals surface area contributed by atoms with Crippen LogP contribution in [0.1, 0.15) is 44.9 Å². The molecule has 0 amide bonds. The molecular weight excluding hydrogens is 214 g/mol. The second kappa shape index (κ2) is 8.88. The van der Waals surface area contributed by atoms with Gasteiger partial charge in [0.25, 0.3) is 0 Å². The molecule has 0 bridgehead atoms. The summed E-state index contributed by atoms with van der Waals surface area (Å²) in [6, 6.07) is 0. The molecule has 0 aromatic carbocycles. The Morgan fingerprint density at radius 1 is 1.06 bits per heavy atom. The molecule has 1 unspecified atom stereocenters. The van der Waals surface area contributed by atoms with Crippen LogP contribution in [0.3, 0.4) is 0 Å². The molecule has 0 spiro atoms. The molecule has 4 heteroatoms. The third kappa shape index (κ3) is 9.04. The maximum atomic E-state index is 11.8. The van der Waals surface area contributed by atoms with Crippen molar-refractivity contribution in [3.63, 3.8) is 0 Å². The van der Waals surface area contributed by atoms with E-state index in [4.69, 9.17) is 9.47 Å². The molecule has 1 rings (SSSR count). The van der Waals surface area contributed by atoms with Crippen molar-refractivity contribution in [2.24, 2.45) is 0 Å². The van der Waals surface area contributed by atoms with Gasteiger partial charge < -0.3 is 9.47 Å². The largest absolute Gasteiger partial charge is 0.379 e. The predicted octanol–water partition coefficient (Wildman–Crippen LogP) is 3.40. The van der Waals surface area contributed by atoms with E-state index in [9.17, 15) is 8.78 Å². The van der Waals surface area contributed by atoms with Crippen molar-refractivity contribution in [1.29, 1.82) is 0 Å². The lowest BCUT2D eigenvalue weighted by atomic mass is 10.1. The number of alkyl halides is 2. The van der Waals surface area contributed by atoms with Crippen molar-refractivity contribution in [3.8, 4) is 0 Å². The van der Waals surface area contributed by atoms with Gasteiger partial charge in [-0.25, -0.2) is 8.78 Å². The lowest BCUT2D eigenvalue weighted by Crippen LogP contribution is -2.02. The first kappa shape index (κ1) is 13.8. The standard InChI is InChI=1S/C12H22F2O2/c13-12(14)7-5-3-1-2-4-6-8-15-9-11-10-16-11/h11-12H,1-10H2. The molecule has 1 aliphatic rings. The van der Waals surface area contributed by atoms with E-state index >= 15 is 0 Å². The molecule has 0 aliphatic carbocycles. The summed E-state index contributed by atoms with van der Waals surface area (Å²) in [5.74, 6) is 0. The summed E-state index contributed by atoms with van der Waals surface area (Å²) in [6.45, 7) is 2.38. The highest BCUT2D eigenvalue weighted by Gasteiger charge is 2.21. The molecule has 2 nitrogen and oxygen atoms in total. The Bertz CT molecular complexity index is 151. The van der Waals surface area contributed by atoms with Crippen molar-refractivity contribution < 1.29 is 18.3 Å².